The molecule has 0 aromatic heterocycles. The number of halogens is 9. The number of para-hydroxylation sites is 2. The molecule has 0 heterocycles. The second-order valence-corrected chi connectivity index (χ2v) is 25.3. The first-order valence-electron chi connectivity index (χ1n) is 23.6. The lowest BCUT2D eigenvalue weighted by Crippen LogP contribution is -2.54. The monoisotopic (exact) mass is 1160 g/mol. The highest BCUT2D eigenvalue weighted by molar-refractivity contribution is 14.1. The van der Waals surface area contributed by atoms with Gasteiger partial charge in [-0.25, -0.2) is 13.2 Å². The highest BCUT2D eigenvalue weighted by Crippen LogP contribution is 2.65. The predicted molar refractivity (Wildman–Crippen MR) is 249 cm³/mol. The van der Waals surface area contributed by atoms with E-state index in [0.29, 0.717) is 36.2 Å². The number of ether oxygens (including phenoxy) is 5. The van der Waals surface area contributed by atoms with Gasteiger partial charge in [0.1, 0.15) is 10.9 Å². The summed E-state index contributed by atoms with van der Waals surface area (Å²) >= 11 is -0.406. The third kappa shape index (κ3) is 11.2. The van der Waals surface area contributed by atoms with Gasteiger partial charge in [-0.15, -0.1) is 0 Å². The van der Waals surface area contributed by atoms with E-state index in [2.05, 4.69) is 38.1 Å². The number of benzene rings is 3. The van der Waals surface area contributed by atoms with Gasteiger partial charge in [0, 0.05) is 22.6 Å². The topological polar surface area (TPSA) is 137 Å². The standard InChI is InChI=1S/C46H55O6S.C4HF8IO4S/c1-30-36-18-32-16-33(19-36)23-45(30,22-32)26-43(47)51-28-49-39-12-6-8-14-41(39)53(38-10-4-3-5-11-38)42-15-9-7-13-40(42)50-29-52-44(48)27-46-24-34-17-35(25-46)21-37(20-34)31(46)2;5-1(6,13)2(7,8)17-3(9,10)4(11,12)18(14,15)16/h3-15,30-37H,16-29H2,1-2H3;(H,14,15,16)/q+1;/p-1. The van der Waals surface area contributed by atoms with E-state index < -0.39 is 65.0 Å². The molecule has 8 aliphatic rings. The minimum Gasteiger partial charge on any atom is -0.743 e. The van der Waals surface area contributed by atoms with E-state index in [1.807, 2.05) is 59.3 Å². The fourth-order valence-electron chi connectivity index (χ4n) is 13.4. The summed E-state index contributed by atoms with van der Waals surface area (Å²) in [5.41, 5.74) is 0.184. The number of carbonyl (C=O) groups is 2. The maximum absolute atomic E-state index is 13.4. The van der Waals surface area contributed by atoms with Crippen LogP contribution < -0.4 is 9.47 Å². The lowest BCUT2D eigenvalue weighted by atomic mass is 9.45. The number of hydrogen-bond donors (Lipinski definition) is 0. The Morgan fingerprint density at radius 3 is 1.38 bits per heavy atom. The second kappa shape index (κ2) is 20.4. The van der Waals surface area contributed by atoms with Crippen LogP contribution in [0.5, 0.6) is 11.5 Å². The molecule has 3 aromatic rings. The molecule has 390 valence electrons. The molecular formula is C50H55F8IO10S2. The Labute approximate surface area is 423 Å². The van der Waals surface area contributed by atoms with E-state index >= 15 is 0 Å². The maximum Gasteiger partial charge on any atom is 0.438 e. The van der Waals surface area contributed by atoms with Gasteiger partial charge in [-0.05, 0) is 159 Å². The maximum atomic E-state index is 13.4. The molecule has 0 radical (unpaired) electrons. The third-order valence-electron chi connectivity index (χ3n) is 16.2. The van der Waals surface area contributed by atoms with Gasteiger partial charge in [0.25, 0.3) is 0 Å². The molecule has 6 unspecified atom stereocenters. The molecule has 11 rings (SSSR count). The van der Waals surface area contributed by atoms with E-state index in [-0.39, 0.29) is 36.4 Å². The first-order valence-corrected chi connectivity index (χ1v) is 27.3. The van der Waals surface area contributed by atoms with Gasteiger partial charge in [-0.2, -0.15) is 35.1 Å². The van der Waals surface area contributed by atoms with Gasteiger partial charge in [0.05, 0.1) is 12.8 Å². The summed E-state index contributed by atoms with van der Waals surface area (Å²) in [5.74, 6) is 6.85. The lowest BCUT2D eigenvalue weighted by molar-refractivity contribution is -0.438. The van der Waals surface area contributed by atoms with Crippen molar-refractivity contribution in [3.8, 4) is 11.5 Å². The molecule has 21 heteroatoms. The molecular weight excluding hydrogens is 1100 g/mol. The van der Waals surface area contributed by atoms with E-state index in [1.54, 1.807) is 0 Å². The molecule has 0 amide bonds. The molecule has 0 N–H and O–H groups in total. The molecule has 0 saturated heterocycles. The molecule has 8 aliphatic carbocycles. The smallest absolute Gasteiger partial charge is 0.438 e. The summed E-state index contributed by atoms with van der Waals surface area (Å²) in [5, 5.41) is -6.65. The molecule has 71 heavy (non-hydrogen) atoms. The van der Waals surface area contributed by atoms with Crippen LogP contribution in [-0.4, -0.2) is 59.9 Å². The van der Waals surface area contributed by atoms with Crippen LogP contribution in [0.25, 0.3) is 0 Å². The minimum absolute atomic E-state index is 0.0921. The van der Waals surface area contributed by atoms with E-state index in [1.165, 1.54) is 64.2 Å². The summed E-state index contributed by atoms with van der Waals surface area (Å²) < 4.78 is 148. The van der Waals surface area contributed by atoms with Gasteiger partial charge in [-0.3, -0.25) is 9.59 Å². The Morgan fingerprint density at radius 2 is 1.00 bits per heavy atom. The van der Waals surface area contributed by atoms with Gasteiger partial charge >= 0.3 is 33.3 Å². The summed E-state index contributed by atoms with van der Waals surface area (Å²) in [4.78, 5) is 29.8. The van der Waals surface area contributed by atoms with Crippen LogP contribution >= 0.6 is 22.6 Å². The van der Waals surface area contributed by atoms with Crippen LogP contribution in [0.15, 0.2) is 93.5 Å². The van der Waals surface area contributed by atoms with Crippen molar-refractivity contribution in [3.63, 3.8) is 0 Å². The zero-order chi connectivity index (χ0) is 51.4. The first kappa shape index (κ1) is 53.9. The number of carbonyl (C=O) groups excluding carboxylic acids is 2. The minimum atomic E-state index is -7.12. The SMILES string of the molecule is CC1C2CC3CC(C2)CC1(CC(=O)OCOc1ccccc1[S+](c1ccccc1)c1ccccc1OCOC(=O)CC12CC4CC(CC(C4)C1C)C2)C3.O=S(=O)([O-])C(F)(F)C(F)(F)OC(F)(F)C(F)(F)I. The lowest BCUT2D eigenvalue weighted by Gasteiger charge is -2.60. The molecule has 3 aromatic carbocycles. The molecule has 8 saturated carbocycles. The quantitative estimate of drug-likeness (QED) is 0.0230. The Bertz CT molecular complexity index is 2380. The van der Waals surface area contributed by atoms with Crippen LogP contribution in [0.3, 0.4) is 0 Å². The van der Waals surface area contributed by atoms with Crippen LogP contribution in [-0.2, 0) is 44.8 Å². The summed E-state index contributed by atoms with van der Waals surface area (Å²) in [7, 11) is -7.74. The number of rotatable bonds is 18. The molecule has 8 bridgehead atoms. The second-order valence-electron chi connectivity index (χ2n) is 20.5. The number of esters is 2. The van der Waals surface area contributed by atoms with Crippen LogP contribution in [0.4, 0.5) is 35.1 Å². The first-order chi connectivity index (χ1) is 33.2. The molecule has 8 fully saturated rings. The van der Waals surface area contributed by atoms with Crippen molar-refractivity contribution < 1.29 is 81.4 Å². The van der Waals surface area contributed by atoms with Gasteiger partial charge in [0.2, 0.25) is 23.4 Å². The number of hydrogen-bond acceptors (Lipinski definition) is 10. The van der Waals surface area contributed by atoms with Crippen LogP contribution in [0, 0.1) is 58.2 Å². The van der Waals surface area contributed by atoms with E-state index in [9.17, 15) is 57.7 Å². The molecule has 0 aliphatic heterocycles. The molecule has 0 spiro atoms. The fraction of sp³-hybridized carbons (Fsp3) is 0.600. The Kier molecular flexibility index (Phi) is 15.5. The van der Waals surface area contributed by atoms with Crippen LogP contribution in [0.1, 0.15) is 90.9 Å². The van der Waals surface area contributed by atoms with Gasteiger partial charge in [0.15, 0.2) is 26.5 Å². The van der Waals surface area contributed by atoms with Crippen molar-refractivity contribution in [1.82, 2.24) is 0 Å². The average Bonchev–Trinajstić information content (AvgIpc) is 3.27. The summed E-state index contributed by atoms with van der Waals surface area (Å²) in [6.07, 6.45) is 0.963. The van der Waals surface area contributed by atoms with Crippen molar-refractivity contribution in [2.45, 2.75) is 127 Å². The van der Waals surface area contributed by atoms with Crippen LogP contribution in [0.2, 0.25) is 0 Å². The highest BCUT2D eigenvalue weighted by atomic mass is 127. The van der Waals surface area contributed by atoms with Crippen molar-refractivity contribution in [2.75, 3.05) is 13.6 Å². The Hall–Kier alpha value is -3.41. The predicted octanol–water partition coefficient (Wildman–Crippen LogP) is 12.6. The number of alkyl halides is 9. The van der Waals surface area contributed by atoms with E-state index in [0.717, 1.165) is 50.2 Å². The zero-order valence-electron chi connectivity index (χ0n) is 38.8. The normalized spacial score (nSPS) is 30.3. The summed E-state index contributed by atoms with van der Waals surface area (Å²) in [6, 6.07) is 26.3. The largest absolute Gasteiger partial charge is 0.743 e. The van der Waals surface area contributed by atoms with Crippen molar-refractivity contribution in [2.24, 2.45) is 58.2 Å². The zero-order valence-corrected chi connectivity index (χ0v) is 42.6. The van der Waals surface area contributed by atoms with Crippen molar-refractivity contribution in [3.05, 3.63) is 78.9 Å². The molecule has 10 nitrogen and oxygen atoms in total. The third-order valence-corrected chi connectivity index (χ3v) is 20.0. The average molecular weight is 1160 g/mol. The molecule has 6 atom stereocenters. The fourth-order valence-corrected chi connectivity index (χ4v) is 16.1. The summed E-state index contributed by atoms with van der Waals surface area (Å²) in [6.45, 7) is 4.50. The van der Waals surface area contributed by atoms with Gasteiger partial charge in [-0.1, -0.05) is 56.3 Å². The van der Waals surface area contributed by atoms with E-state index in [4.69, 9.17) is 18.9 Å². The highest BCUT2D eigenvalue weighted by Gasteiger charge is 2.71. The van der Waals surface area contributed by atoms with Crippen molar-refractivity contribution >= 4 is 55.5 Å². The van der Waals surface area contributed by atoms with Gasteiger partial charge < -0.3 is 23.5 Å². The Balaban J connectivity index is 0.000000322. The van der Waals surface area contributed by atoms with Crippen molar-refractivity contribution in [1.29, 1.82) is 0 Å². The Morgan fingerprint density at radius 1 is 0.620 bits per heavy atom.